The topological polar surface area (TPSA) is 94.6 Å². The Kier molecular flexibility index (Phi) is 5.92. The highest BCUT2D eigenvalue weighted by atomic mass is 16.6. The minimum absolute atomic E-state index is 0.307. The van der Waals surface area contributed by atoms with Crippen LogP contribution in [0, 0.1) is 0 Å². The highest BCUT2D eigenvalue weighted by Gasteiger charge is 2.28. The lowest BCUT2D eigenvalue weighted by Gasteiger charge is -2.22. The van der Waals surface area contributed by atoms with Crippen molar-refractivity contribution in [1.82, 2.24) is 10.3 Å². The van der Waals surface area contributed by atoms with Crippen molar-refractivity contribution in [2.75, 3.05) is 7.11 Å². The van der Waals surface area contributed by atoms with Gasteiger partial charge in [0, 0.05) is 11.6 Å². The van der Waals surface area contributed by atoms with Crippen LogP contribution in [0.3, 0.4) is 0 Å². The SMILES string of the molecule is COC(=O)[C@@H](CC(=O)OC(C)(C)C)NC(=O)c1cccc2cccnc12. The molecule has 2 aromatic rings. The first-order valence-corrected chi connectivity index (χ1v) is 8.15. The van der Waals surface area contributed by atoms with Gasteiger partial charge in [0.05, 0.1) is 24.6 Å². The molecule has 0 aliphatic carbocycles. The molecule has 1 amide bonds. The third-order valence-electron chi connectivity index (χ3n) is 3.46. The number of nitrogens with zero attached hydrogens (tertiary/aromatic N) is 1. The fourth-order valence-corrected chi connectivity index (χ4v) is 2.41. The van der Waals surface area contributed by atoms with E-state index in [0.717, 1.165) is 5.39 Å². The number of ether oxygens (including phenoxy) is 2. The fraction of sp³-hybridized carbons (Fsp3) is 0.368. The molecule has 1 N–H and O–H groups in total. The molecule has 0 saturated heterocycles. The van der Waals surface area contributed by atoms with Crippen LogP contribution in [0.15, 0.2) is 36.5 Å². The molecule has 1 aromatic heterocycles. The molecular weight excluding hydrogens is 336 g/mol. The number of hydrogen-bond donors (Lipinski definition) is 1. The Morgan fingerprint density at radius 2 is 1.85 bits per heavy atom. The van der Waals surface area contributed by atoms with E-state index in [-0.39, 0.29) is 6.42 Å². The normalized spacial score (nSPS) is 12.3. The zero-order valence-electron chi connectivity index (χ0n) is 15.2. The van der Waals surface area contributed by atoms with Gasteiger partial charge in [-0.1, -0.05) is 18.2 Å². The number of pyridine rings is 1. The molecule has 1 heterocycles. The van der Waals surface area contributed by atoms with Crippen molar-refractivity contribution in [3.63, 3.8) is 0 Å². The number of methoxy groups -OCH3 is 1. The molecule has 7 nitrogen and oxygen atoms in total. The van der Waals surface area contributed by atoms with Crippen LogP contribution in [0.5, 0.6) is 0 Å². The van der Waals surface area contributed by atoms with Gasteiger partial charge in [-0.3, -0.25) is 14.6 Å². The van der Waals surface area contributed by atoms with Crippen molar-refractivity contribution in [2.24, 2.45) is 0 Å². The predicted octanol–water partition coefficient (Wildman–Crippen LogP) is 2.24. The number of hydrogen-bond acceptors (Lipinski definition) is 6. The van der Waals surface area contributed by atoms with E-state index in [1.54, 1.807) is 45.2 Å². The molecule has 7 heteroatoms. The summed E-state index contributed by atoms with van der Waals surface area (Å²) >= 11 is 0. The summed E-state index contributed by atoms with van der Waals surface area (Å²) in [5.41, 5.74) is 0.121. The van der Waals surface area contributed by atoms with E-state index in [2.05, 4.69) is 10.3 Å². The van der Waals surface area contributed by atoms with Crippen molar-refractivity contribution in [3.05, 3.63) is 42.1 Å². The van der Waals surface area contributed by atoms with Crippen molar-refractivity contribution in [3.8, 4) is 0 Å². The van der Waals surface area contributed by atoms with Gasteiger partial charge in [-0.25, -0.2) is 4.79 Å². The van der Waals surface area contributed by atoms with Gasteiger partial charge in [0.15, 0.2) is 0 Å². The summed E-state index contributed by atoms with van der Waals surface area (Å²) in [6.45, 7) is 5.16. The molecule has 2 rings (SSSR count). The Morgan fingerprint density at radius 3 is 2.50 bits per heavy atom. The Bertz CT molecular complexity index is 821. The largest absolute Gasteiger partial charge is 0.467 e. The molecule has 0 aliphatic rings. The molecule has 1 atom stereocenters. The Hall–Kier alpha value is -2.96. The van der Waals surface area contributed by atoms with Crippen LogP contribution in [-0.2, 0) is 19.1 Å². The van der Waals surface area contributed by atoms with Crippen molar-refractivity contribution < 1.29 is 23.9 Å². The maximum Gasteiger partial charge on any atom is 0.328 e. The van der Waals surface area contributed by atoms with Gasteiger partial charge in [0.1, 0.15) is 11.6 Å². The van der Waals surface area contributed by atoms with Gasteiger partial charge in [-0.15, -0.1) is 0 Å². The van der Waals surface area contributed by atoms with Crippen LogP contribution in [0.2, 0.25) is 0 Å². The number of aromatic nitrogens is 1. The first kappa shape index (κ1) is 19.4. The number of carbonyl (C=O) groups is 3. The third-order valence-corrected chi connectivity index (χ3v) is 3.46. The summed E-state index contributed by atoms with van der Waals surface area (Å²) in [6, 6.07) is 7.60. The van der Waals surface area contributed by atoms with Gasteiger partial charge in [0.2, 0.25) is 0 Å². The predicted molar refractivity (Wildman–Crippen MR) is 95.5 cm³/mol. The Labute approximate surface area is 151 Å². The summed E-state index contributed by atoms with van der Waals surface area (Å²) in [4.78, 5) is 40.9. The van der Waals surface area contributed by atoms with Crippen molar-refractivity contribution in [1.29, 1.82) is 0 Å². The van der Waals surface area contributed by atoms with E-state index in [1.165, 1.54) is 7.11 Å². The van der Waals surface area contributed by atoms with E-state index < -0.39 is 29.5 Å². The molecule has 0 radical (unpaired) electrons. The smallest absolute Gasteiger partial charge is 0.328 e. The van der Waals surface area contributed by atoms with Gasteiger partial charge in [-0.2, -0.15) is 0 Å². The Balaban J connectivity index is 2.20. The molecule has 0 unspecified atom stereocenters. The lowest BCUT2D eigenvalue weighted by molar-refractivity contribution is -0.158. The van der Waals surface area contributed by atoms with E-state index in [0.29, 0.717) is 11.1 Å². The van der Waals surface area contributed by atoms with E-state index in [4.69, 9.17) is 9.47 Å². The average Bonchev–Trinajstić information content (AvgIpc) is 2.58. The van der Waals surface area contributed by atoms with Gasteiger partial charge in [-0.05, 0) is 32.9 Å². The second-order valence-corrected chi connectivity index (χ2v) is 6.72. The van der Waals surface area contributed by atoms with E-state index in [1.807, 2.05) is 12.1 Å². The molecule has 0 saturated carbocycles. The number of nitrogens with one attached hydrogen (secondary N) is 1. The van der Waals surface area contributed by atoms with Crippen LogP contribution >= 0.6 is 0 Å². The molecule has 0 aliphatic heterocycles. The number of carbonyl (C=O) groups excluding carboxylic acids is 3. The second-order valence-electron chi connectivity index (χ2n) is 6.72. The summed E-state index contributed by atoms with van der Waals surface area (Å²) in [6.07, 6.45) is 1.26. The van der Waals surface area contributed by atoms with Gasteiger partial charge >= 0.3 is 11.9 Å². The maximum atomic E-state index is 12.6. The fourth-order valence-electron chi connectivity index (χ4n) is 2.41. The molecule has 0 bridgehead atoms. The van der Waals surface area contributed by atoms with Crippen LogP contribution in [-0.4, -0.2) is 41.6 Å². The quantitative estimate of drug-likeness (QED) is 0.824. The van der Waals surface area contributed by atoms with E-state index in [9.17, 15) is 14.4 Å². The summed E-state index contributed by atoms with van der Waals surface area (Å²) in [7, 11) is 1.19. The zero-order chi connectivity index (χ0) is 19.3. The number of esters is 2. The second kappa shape index (κ2) is 7.95. The lowest BCUT2D eigenvalue weighted by Crippen LogP contribution is -2.44. The van der Waals surface area contributed by atoms with Crippen molar-refractivity contribution >= 4 is 28.7 Å². The summed E-state index contributed by atoms with van der Waals surface area (Å²) < 4.78 is 9.90. The maximum absolute atomic E-state index is 12.6. The number of fused-ring (bicyclic) bond motifs is 1. The molecule has 138 valence electrons. The minimum Gasteiger partial charge on any atom is -0.467 e. The van der Waals surface area contributed by atoms with Gasteiger partial charge < -0.3 is 14.8 Å². The molecule has 0 fully saturated rings. The number of benzene rings is 1. The molecular formula is C19H22N2O5. The third kappa shape index (κ3) is 5.02. The number of amides is 1. The highest BCUT2D eigenvalue weighted by molar-refractivity contribution is 6.06. The number of rotatable bonds is 5. The molecule has 26 heavy (non-hydrogen) atoms. The highest BCUT2D eigenvalue weighted by Crippen LogP contribution is 2.16. The van der Waals surface area contributed by atoms with Crippen molar-refractivity contribution in [2.45, 2.75) is 38.8 Å². The number of para-hydroxylation sites is 1. The minimum atomic E-state index is -1.15. The summed E-state index contributed by atoms with van der Waals surface area (Å²) in [5, 5.41) is 3.33. The van der Waals surface area contributed by atoms with Crippen LogP contribution in [0.4, 0.5) is 0 Å². The lowest BCUT2D eigenvalue weighted by atomic mass is 10.1. The first-order chi connectivity index (χ1) is 12.2. The average molecular weight is 358 g/mol. The zero-order valence-corrected chi connectivity index (χ0v) is 15.2. The standard InChI is InChI=1S/C19H22N2O5/c1-19(2,3)26-15(22)11-14(18(24)25-4)21-17(23)13-9-5-7-12-8-6-10-20-16(12)13/h5-10,14H,11H2,1-4H3,(H,21,23)/t14-/m1/s1. The Morgan fingerprint density at radius 1 is 1.15 bits per heavy atom. The van der Waals surface area contributed by atoms with Crippen LogP contribution in [0.1, 0.15) is 37.6 Å². The van der Waals surface area contributed by atoms with Crippen LogP contribution in [0.25, 0.3) is 10.9 Å². The first-order valence-electron chi connectivity index (χ1n) is 8.15. The summed E-state index contributed by atoms with van der Waals surface area (Å²) in [5.74, 6) is -1.85. The monoisotopic (exact) mass is 358 g/mol. The van der Waals surface area contributed by atoms with E-state index >= 15 is 0 Å². The molecule has 0 spiro atoms. The molecule has 1 aromatic carbocycles. The van der Waals surface area contributed by atoms with Gasteiger partial charge in [0.25, 0.3) is 5.91 Å². The van der Waals surface area contributed by atoms with Crippen LogP contribution < -0.4 is 5.32 Å².